The van der Waals surface area contributed by atoms with Crippen molar-refractivity contribution in [1.82, 2.24) is 4.98 Å². The molecule has 1 fully saturated rings. The number of hydrogen-bond donors (Lipinski definition) is 1. The molecule has 0 aliphatic heterocycles. The quantitative estimate of drug-likeness (QED) is 0.753. The monoisotopic (exact) mass is 179 g/mol. The molecule has 0 aromatic carbocycles. The highest BCUT2D eigenvalue weighted by molar-refractivity contribution is 5.37. The van der Waals surface area contributed by atoms with E-state index in [4.69, 9.17) is 14.4 Å². The number of aromatic nitrogens is 1. The molecule has 13 heavy (non-hydrogen) atoms. The predicted molar refractivity (Wildman–Crippen MR) is 44.4 cm³/mol. The molecule has 1 saturated carbocycles. The fraction of sp³-hybridized carbons (Fsp3) is 0.500. The highest BCUT2D eigenvalue weighted by atomic mass is 16.6. The molecule has 0 radical (unpaired) electrons. The van der Waals surface area contributed by atoms with Crippen LogP contribution in [-0.2, 0) is 0 Å². The van der Waals surface area contributed by atoms with Gasteiger partial charge in [0.2, 0.25) is 5.69 Å². The Morgan fingerprint density at radius 3 is 2.92 bits per heavy atom. The van der Waals surface area contributed by atoms with E-state index in [9.17, 15) is 0 Å². The third kappa shape index (κ3) is 1.56. The van der Waals surface area contributed by atoms with Gasteiger partial charge in [-0.15, -0.1) is 0 Å². The molecule has 0 unspecified atom stereocenters. The molecule has 0 atom stereocenters. The lowest BCUT2D eigenvalue weighted by Gasteiger charge is -1.94. The maximum atomic E-state index is 8.63. The second-order valence-electron chi connectivity index (χ2n) is 2.89. The van der Waals surface area contributed by atoms with Crippen LogP contribution in [0, 0.1) is 11.3 Å². The molecule has 0 saturated heterocycles. The van der Waals surface area contributed by atoms with Crippen molar-refractivity contribution in [3.63, 3.8) is 0 Å². The Morgan fingerprint density at radius 2 is 2.46 bits per heavy atom. The number of rotatable bonds is 3. The van der Waals surface area contributed by atoms with E-state index in [0.29, 0.717) is 12.1 Å². The first-order valence-electron chi connectivity index (χ1n) is 4.05. The zero-order valence-corrected chi connectivity index (χ0v) is 7.20. The van der Waals surface area contributed by atoms with Crippen LogP contribution < -0.4 is 10.1 Å². The summed E-state index contributed by atoms with van der Waals surface area (Å²) in [4.78, 5) is 3.92. The summed E-state index contributed by atoms with van der Waals surface area (Å²) in [5.41, 5.74) is 0.186. The molecule has 0 bridgehead atoms. The van der Waals surface area contributed by atoms with E-state index in [1.165, 1.54) is 7.11 Å². The Kier molecular flexibility index (Phi) is 1.81. The Hall–Kier alpha value is -1.70. The molecule has 1 aromatic rings. The summed E-state index contributed by atoms with van der Waals surface area (Å²) in [5.74, 6) is 0.172. The maximum Gasteiger partial charge on any atom is 0.325 e. The average molecular weight is 179 g/mol. The first-order valence-corrected chi connectivity index (χ1v) is 4.05. The van der Waals surface area contributed by atoms with Crippen molar-refractivity contribution in [3.05, 3.63) is 5.69 Å². The third-order valence-electron chi connectivity index (χ3n) is 1.79. The Balaban J connectivity index is 2.17. The fourth-order valence-corrected chi connectivity index (χ4v) is 0.979. The van der Waals surface area contributed by atoms with Crippen LogP contribution in [0.2, 0.25) is 0 Å². The van der Waals surface area contributed by atoms with Crippen LogP contribution in [0.1, 0.15) is 18.5 Å². The first kappa shape index (κ1) is 7.92. The predicted octanol–water partition coefficient (Wildman–Crippen LogP) is 1.13. The summed E-state index contributed by atoms with van der Waals surface area (Å²) >= 11 is 0. The summed E-state index contributed by atoms with van der Waals surface area (Å²) in [6.07, 6.45) is 2.26. The Labute approximate surface area is 75.3 Å². The van der Waals surface area contributed by atoms with Crippen molar-refractivity contribution in [1.29, 1.82) is 5.26 Å². The fourth-order valence-electron chi connectivity index (χ4n) is 0.979. The minimum atomic E-state index is 0.172. The van der Waals surface area contributed by atoms with Crippen molar-refractivity contribution in [3.8, 4) is 12.0 Å². The summed E-state index contributed by atoms with van der Waals surface area (Å²) in [6.45, 7) is 0. The van der Waals surface area contributed by atoms with Gasteiger partial charge in [0.25, 0.3) is 6.01 Å². The van der Waals surface area contributed by atoms with Crippen LogP contribution in [0.4, 0.5) is 6.01 Å². The van der Waals surface area contributed by atoms with Gasteiger partial charge in [-0.3, -0.25) is 0 Å². The largest absolute Gasteiger partial charge is 0.466 e. The lowest BCUT2D eigenvalue weighted by Crippen LogP contribution is -2.00. The van der Waals surface area contributed by atoms with Crippen LogP contribution >= 0.6 is 0 Å². The van der Waals surface area contributed by atoms with Gasteiger partial charge in [-0.25, -0.2) is 0 Å². The van der Waals surface area contributed by atoms with E-state index < -0.39 is 0 Å². The summed E-state index contributed by atoms with van der Waals surface area (Å²) in [5, 5.41) is 11.7. The molecule has 1 aromatic heterocycles. The van der Waals surface area contributed by atoms with Crippen LogP contribution in [0.25, 0.3) is 0 Å². The number of ether oxygens (including phenoxy) is 1. The Morgan fingerprint density at radius 1 is 1.69 bits per heavy atom. The molecule has 0 amide bonds. The van der Waals surface area contributed by atoms with Crippen molar-refractivity contribution >= 4 is 6.01 Å². The Bertz CT molecular complexity index is 349. The van der Waals surface area contributed by atoms with E-state index in [0.717, 1.165) is 12.8 Å². The molecular weight excluding hydrogens is 170 g/mol. The molecule has 1 aliphatic carbocycles. The van der Waals surface area contributed by atoms with Gasteiger partial charge in [0.15, 0.2) is 0 Å². The molecule has 1 N–H and O–H groups in total. The van der Waals surface area contributed by atoms with E-state index in [-0.39, 0.29) is 11.6 Å². The van der Waals surface area contributed by atoms with Gasteiger partial charge < -0.3 is 14.5 Å². The lowest BCUT2D eigenvalue weighted by molar-refractivity contribution is 0.308. The topological polar surface area (TPSA) is 71.1 Å². The average Bonchev–Trinajstić information content (AvgIpc) is 2.84. The molecule has 2 rings (SSSR count). The van der Waals surface area contributed by atoms with Gasteiger partial charge in [-0.05, 0) is 12.8 Å². The van der Waals surface area contributed by atoms with Crippen molar-refractivity contribution in [2.45, 2.75) is 18.9 Å². The highest BCUT2D eigenvalue weighted by Gasteiger charge is 2.24. The second-order valence-corrected chi connectivity index (χ2v) is 2.89. The number of methoxy groups -OCH3 is 1. The number of hydrogen-bond acceptors (Lipinski definition) is 5. The number of oxazole rings is 1. The minimum Gasteiger partial charge on any atom is -0.466 e. The molecule has 5 nitrogen and oxygen atoms in total. The normalized spacial score (nSPS) is 15.1. The van der Waals surface area contributed by atoms with Gasteiger partial charge in [-0.2, -0.15) is 10.2 Å². The molecule has 0 spiro atoms. The molecule has 1 aliphatic rings. The number of nitriles is 1. The van der Waals surface area contributed by atoms with Gasteiger partial charge in [0, 0.05) is 6.04 Å². The third-order valence-corrected chi connectivity index (χ3v) is 1.79. The van der Waals surface area contributed by atoms with Crippen LogP contribution in [0.5, 0.6) is 5.95 Å². The summed E-state index contributed by atoms with van der Waals surface area (Å²) in [7, 11) is 1.45. The lowest BCUT2D eigenvalue weighted by atomic mass is 10.5. The van der Waals surface area contributed by atoms with Crippen LogP contribution in [0.15, 0.2) is 4.42 Å². The SMILES string of the molecule is COc1oc(NC2CC2)nc1C#N. The molecular formula is C8H9N3O2. The second kappa shape index (κ2) is 2.98. The maximum absolute atomic E-state index is 8.63. The number of anilines is 1. The van der Waals surface area contributed by atoms with Crippen molar-refractivity contribution < 1.29 is 9.15 Å². The number of nitrogens with one attached hydrogen (secondary N) is 1. The summed E-state index contributed by atoms with van der Waals surface area (Å²) < 4.78 is 9.97. The van der Waals surface area contributed by atoms with E-state index >= 15 is 0 Å². The number of nitrogens with zero attached hydrogens (tertiary/aromatic N) is 2. The highest BCUT2D eigenvalue weighted by Crippen LogP contribution is 2.27. The van der Waals surface area contributed by atoms with Gasteiger partial charge in [-0.1, -0.05) is 0 Å². The smallest absolute Gasteiger partial charge is 0.325 e. The van der Waals surface area contributed by atoms with E-state index in [2.05, 4.69) is 10.3 Å². The van der Waals surface area contributed by atoms with E-state index in [1.807, 2.05) is 6.07 Å². The molecule has 5 heteroatoms. The zero-order valence-electron chi connectivity index (χ0n) is 7.20. The standard InChI is InChI=1S/C8H9N3O2/c1-12-7-6(4-9)11-8(13-7)10-5-2-3-5/h5H,2-3H2,1H3,(H,10,11). The van der Waals surface area contributed by atoms with E-state index in [1.54, 1.807) is 0 Å². The molecule has 68 valence electrons. The van der Waals surface area contributed by atoms with Crippen molar-refractivity contribution in [2.75, 3.05) is 12.4 Å². The van der Waals surface area contributed by atoms with Crippen molar-refractivity contribution in [2.24, 2.45) is 0 Å². The van der Waals surface area contributed by atoms with Crippen LogP contribution in [0.3, 0.4) is 0 Å². The minimum absolute atomic E-state index is 0.172. The molecule has 1 heterocycles. The van der Waals surface area contributed by atoms with Gasteiger partial charge in [0.1, 0.15) is 6.07 Å². The van der Waals surface area contributed by atoms with Crippen LogP contribution in [-0.4, -0.2) is 18.1 Å². The summed E-state index contributed by atoms with van der Waals surface area (Å²) in [6, 6.07) is 2.72. The zero-order chi connectivity index (χ0) is 9.26. The van der Waals surface area contributed by atoms with Gasteiger partial charge in [0.05, 0.1) is 7.11 Å². The first-order chi connectivity index (χ1) is 6.33. The van der Waals surface area contributed by atoms with Gasteiger partial charge >= 0.3 is 5.95 Å².